The zero-order valence-electron chi connectivity index (χ0n) is 9.74. The summed E-state index contributed by atoms with van der Waals surface area (Å²) in [7, 11) is 0. The van der Waals surface area contributed by atoms with E-state index in [0.29, 0.717) is 18.1 Å². The number of hydrogen-bond donors (Lipinski definition) is 2. The number of carbonyl (C=O) groups is 1. The Kier molecular flexibility index (Phi) is 3.90. The van der Waals surface area contributed by atoms with Gasteiger partial charge in [-0.1, -0.05) is 6.07 Å². The zero-order valence-corrected chi connectivity index (χ0v) is 11.9. The third kappa shape index (κ3) is 3.04. The van der Waals surface area contributed by atoms with E-state index in [1.807, 2.05) is 24.3 Å². The zero-order chi connectivity index (χ0) is 13.1. The van der Waals surface area contributed by atoms with E-state index in [4.69, 9.17) is 9.52 Å². The first kappa shape index (κ1) is 12.9. The number of aromatic carboxylic acids is 1. The summed E-state index contributed by atoms with van der Waals surface area (Å²) in [4.78, 5) is 10.9. The van der Waals surface area contributed by atoms with Crippen molar-refractivity contribution in [2.24, 2.45) is 0 Å². The average molecular weight is 357 g/mol. The molecule has 4 nitrogen and oxygen atoms in total. The Labute approximate surface area is 118 Å². The molecule has 1 aromatic heterocycles. The topological polar surface area (TPSA) is 62.5 Å². The summed E-state index contributed by atoms with van der Waals surface area (Å²) in [6.07, 6.45) is 0. The van der Waals surface area contributed by atoms with Gasteiger partial charge < -0.3 is 14.8 Å². The van der Waals surface area contributed by atoms with Gasteiger partial charge in [0.25, 0.3) is 0 Å². The molecule has 2 aromatic rings. The first-order chi connectivity index (χ1) is 8.56. The Hall–Kier alpha value is -1.50. The lowest BCUT2D eigenvalue weighted by atomic mass is 10.2. The molecule has 1 heterocycles. The Bertz CT molecular complexity index is 577. The van der Waals surface area contributed by atoms with Gasteiger partial charge in [-0.05, 0) is 53.8 Å². The molecule has 0 saturated carbocycles. The summed E-state index contributed by atoms with van der Waals surface area (Å²) >= 11 is 2.24. The van der Waals surface area contributed by atoms with Crippen LogP contribution < -0.4 is 5.32 Å². The maximum atomic E-state index is 10.9. The summed E-state index contributed by atoms with van der Waals surface area (Å²) < 4.78 is 6.52. The first-order valence-electron chi connectivity index (χ1n) is 5.38. The number of anilines is 1. The molecule has 0 unspecified atom stereocenters. The summed E-state index contributed by atoms with van der Waals surface area (Å²) in [5.41, 5.74) is 1.20. The minimum absolute atomic E-state index is 0.217. The van der Waals surface area contributed by atoms with Crippen LogP contribution in [0.1, 0.15) is 21.9 Å². The van der Waals surface area contributed by atoms with Crippen molar-refractivity contribution in [2.75, 3.05) is 5.32 Å². The number of benzene rings is 1. The van der Waals surface area contributed by atoms with E-state index >= 15 is 0 Å². The molecule has 5 heteroatoms. The van der Waals surface area contributed by atoms with Crippen LogP contribution in [0.5, 0.6) is 0 Å². The predicted molar refractivity (Wildman–Crippen MR) is 76.9 cm³/mol. The standard InChI is InChI=1S/C13H12INO3/c1-8-12(13(16)17)6-11(18-8)7-15-10-4-2-3-9(14)5-10/h2-6,15H,7H2,1H3,(H,16,17). The number of halogens is 1. The Morgan fingerprint density at radius 3 is 2.83 bits per heavy atom. The Morgan fingerprint density at radius 2 is 2.22 bits per heavy atom. The highest BCUT2D eigenvalue weighted by atomic mass is 127. The molecule has 0 saturated heterocycles. The second-order valence-corrected chi connectivity index (χ2v) is 5.10. The third-order valence-corrected chi connectivity index (χ3v) is 3.16. The van der Waals surface area contributed by atoms with Crippen molar-refractivity contribution in [3.63, 3.8) is 0 Å². The number of carboxylic acid groups (broad SMARTS) is 1. The van der Waals surface area contributed by atoms with Gasteiger partial charge in [0.2, 0.25) is 0 Å². The summed E-state index contributed by atoms with van der Waals surface area (Å²) in [6.45, 7) is 2.12. The maximum absolute atomic E-state index is 10.9. The fourth-order valence-corrected chi connectivity index (χ4v) is 2.17. The minimum Gasteiger partial charge on any atom is -0.478 e. The molecule has 2 N–H and O–H groups in total. The van der Waals surface area contributed by atoms with Gasteiger partial charge in [-0.2, -0.15) is 0 Å². The van der Waals surface area contributed by atoms with E-state index in [1.54, 1.807) is 13.0 Å². The van der Waals surface area contributed by atoms with Crippen molar-refractivity contribution >= 4 is 34.2 Å². The lowest BCUT2D eigenvalue weighted by Gasteiger charge is -2.04. The van der Waals surface area contributed by atoms with Crippen molar-refractivity contribution in [3.8, 4) is 0 Å². The molecular formula is C13H12INO3. The van der Waals surface area contributed by atoms with Gasteiger partial charge >= 0.3 is 5.97 Å². The molecule has 2 rings (SSSR count). The van der Waals surface area contributed by atoms with Crippen LogP contribution in [0.2, 0.25) is 0 Å². The molecule has 0 fully saturated rings. The number of carboxylic acids is 1. The van der Waals surface area contributed by atoms with Crippen molar-refractivity contribution < 1.29 is 14.3 Å². The van der Waals surface area contributed by atoms with Gasteiger partial charge in [-0.3, -0.25) is 0 Å². The molecule has 94 valence electrons. The maximum Gasteiger partial charge on any atom is 0.339 e. The summed E-state index contributed by atoms with van der Waals surface area (Å²) in [6, 6.07) is 9.48. The van der Waals surface area contributed by atoms with Crippen molar-refractivity contribution in [1.82, 2.24) is 0 Å². The molecule has 0 bridgehead atoms. The lowest BCUT2D eigenvalue weighted by Crippen LogP contribution is -1.98. The summed E-state index contributed by atoms with van der Waals surface area (Å²) in [5.74, 6) is 0.0856. The highest BCUT2D eigenvalue weighted by Crippen LogP contribution is 2.17. The molecule has 0 amide bonds. The van der Waals surface area contributed by atoms with E-state index in [9.17, 15) is 4.79 Å². The molecule has 0 radical (unpaired) electrons. The molecular weight excluding hydrogens is 345 g/mol. The van der Waals surface area contributed by atoms with Crippen LogP contribution in [0.3, 0.4) is 0 Å². The Morgan fingerprint density at radius 1 is 1.44 bits per heavy atom. The van der Waals surface area contributed by atoms with Gasteiger partial charge in [0.1, 0.15) is 17.1 Å². The quantitative estimate of drug-likeness (QED) is 0.823. The van der Waals surface area contributed by atoms with Crippen LogP contribution in [0, 0.1) is 10.5 Å². The van der Waals surface area contributed by atoms with E-state index < -0.39 is 5.97 Å². The van der Waals surface area contributed by atoms with Crippen molar-refractivity contribution in [2.45, 2.75) is 13.5 Å². The average Bonchev–Trinajstić information content (AvgIpc) is 2.68. The van der Waals surface area contributed by atoms with Gasteiger partial charge in [-0.15, -0.1) is 0 Å². The van der Waals surface area contributed by atoms with Crippen molar-refractivity contribution in [3.05, 3.63) is 51.0 Å². The second-order valence-electron chi connectivity index (χ2n) is 3.85. The normalized spacial score (nSPS) is 10.3. The Balaban J connectivity index is 2.06. The van der Waals surface area contributed by atoms with E-state index in [0.717, 1.165) is 9.26 Å². The monoisotopic (exact) mass is 357 g/mol. The molecule has 0 atom stereocenters. The number of aryl methyl sites for hydroxylation is 1. The van der Waals surface area contributed by atoms with E-state index in [1.165, 1.54) is 0 Å². The van der Waals surface area contributed by atoms with Crippen LogP contribution >= 0.6 is 22.6 Å². The van der Waals surface area contributed by atoms with Gasteiger partial charge in [-0.25, -0.2) is 4.79 Å². The highest BCUT2D eigenvalue weighted by molar-refractivity contribution is 14.1. The van der Waals surface area contributed by atoms with Gasteiger partial charge in [0.05, 0.1) is 6.54 Å². The van der Waals surface area contributed by atoms with Gasteiger partial charge in [0.15, 0.2) is 0 Å². The molecule has 0 aliphatic heterocycles. The lowest BCUT2D eigenvalue weighted by molar-refractivity contribution is 0.0695. The molecule has 0 aliphatic carbocycles. The molecule has 0 spiro atoms. The number of furan rings is 1. The van der Waals surface area contributed by atoms with E-state index in [-0.39, 0.29) is 5.56 Å². The smallest absolute Gasteiger partial charge is 0.339 e. The van der Waals surface area contributed by atoms with Crippen LogP contribution in [-0.4, -0.2) is 11.1 Å². The highest BCUT2D eigenvalue weighted by Gasteiger charge is 2.13. The first-order valence-corrected chi connectivity index (χ1v) is 6.46. The van der Waals surface area contributed by atoms with Crippen molar-refractivity contribution in [1.29, 1.82) is 0 Å². The number of rotatable bonds is 4. The third-order valence-electron chi connectivity index (χ3n) is 2.49. The summed E-state index contributed by atoms with van der Waals surface area (Å²) in [5, 5.41) is 12.1. The SMILES string of the molecule is Cc1oc(CNc2cccc(I)c2)cc1C(=O)O. The van der Waals surface area contributed by atoms with Crippen LogP contribution in [0.15, 0.2) is 34.7 Å². The van der Waals surface area contributed by atoms with E-state index in [2.05, 4.69) is 27.9 Å². The molecule has 18 heavy (non-hydrogen) atoms. The number of nitrogens with one attached hydrogen (secondary N) is 1. The van der Waals surface area contributed by atoms with Gasteiger partial charge in [0, 0.05) is 9.26 Å². The van der Waals surface area contributed by atoms with Crippen LogP contribution in [0.4, 0.5) is 5.69 Å². The number of hydrogen-bond acceptors (Lipinski definition) is 3. The minimum atomic E-state index is -0.961. The molecule has 0 aliphatic rings. The van der Waals surface area contributed by atoms with Crippen LogP contribution in [-0.2, 0) is 6.54 Å². The largest absolute Gasteiger partial charge is 0.478 e. The fourth-order valence-electron chi connectivity index (χ4n) is 1.63. The molecule has 1 aromatic carbocycles. The predicted octanol–water partition coefficient (Wildman–Crippen LogP) is 3.50. The van der Waals surface area contributed by atoms with Crippen LogP contribution in [0.25, 0.3) is 0 Å². The second kappa shape index (κ2) is 5.43. The fraction of sp³-hybridized carbons (Fsp3) is 0.154.